The number of piperidine rings is 2. The molecule has 0 amide bonds. The molecule has 2 saturated heterocycles. The smallest absolute Gasteiger partial charge is 0.0194 e. The maximum atomic E-state index is 3.65. The van der Waals surface area contributed by atoms with Gasteiger partial charge in [-0.3, -0.25) is 0 Å². The lowest BCUT2D eigenvalue weighted by Gasteiger charge is -2.41. The molecule has 0 bridgehead atoms. The van der Waals surface area contributed by atoms with Gasteiger partial charge in [0.25, 0.3) is 0 Å². The number of likely N-dealkylation sites (N-methyl/N-ethyl adjacent to an activating group) is 1. The molecule has 3 heteroatoms. The highest BCUT2D eigenvalue weighted by Crippen LogP contribution is 2.21. The number of likely N-dealkylation sites (tertiary alicyclic amines) is 2. The van der Waals surface area contributed by atoms with Crippen LogP contribution in [0, 0.1) is 0 Å². The second-order valence-corrected chi connectivity index (χ2v) is 6.67. The van der Waals surface area contributed by atoms with Gasteiger partial charge >= 0.3 is 0 Å². The Hall–Kier alpha value is -0.120. The highest BCUT2D eigenvalue weighted by molar-refractivity contribution is 4.83. The van der Waals surface area contributed by atoms with Gasteiger partial charge in [0.1, 0.15) is 0 Å². The molecule has 2 heterocycles. The predicted molar refractivity (Wildman–Crippen MR) is 87.3 cm³/mol. The van der Waals surface area contributed by atoms with Gasteiger partial charge in [0.2, 0.25) is 0 Å². The fourth-order valence-corrected chi connectivity index (χ4v) is 3.96. The van der Waals surface area contributed by atoms with Crippen LogP contribution in [0.4, 0.5) is 0 Å². The second kappa shape index (κ2) is 9.01. The van der Waals surface area contributed by atoms with Gasteiger partial charge in [-0.2, -0.15) is 0 Å². The van der Waals surface area contributed by atoms with Crippen LogP contribution in [0.2, 0.25) is 0 Å². The maximum absolute atomic E-state index is 3.65. The van der Waals surface area contributed by atoms with Crippen LogP contribution in [-0.4, -0.2) is 61.2 Å². The molecular weight excluding hydrogens is 246 g/mol. The number of nitrogens with zero attached hydrogens (tertiary/aromatic N) is 2. The van der Waals surface area contributed by atoms with E-state index < -0.39 is 0 Å². The quantitative estimate of drug-likeness (QED) is 0.774. The van der Waals surface area contributed by atoms with Gasteiger partial charge < -0.3 is 15.1 Å². The van der Waals surface area contributed by atoms with Gasteiger partial charge in [0, 0.05) is 18.6 Å². The van der Waals surface area contributed by atoms with Gasteiger partial charge in [-0.05, 0) is 64.8 Å². The summed E-state index contributed by atoms with van der Waals surface area (Å²) in [5.74, 6) is 0. The third-order valence-corrected chi connectivity index (χ3v) is 5.07. The monoisotopic (exact) mass is 281 g/mol. The molecule has 0 aromatic heterocycles. The molecule has 0 spiro atoms. The van der Waals surface area contributed by atoms with Crippen molar-refractivity contribution in [1.29, 1.82) is 0 Å². The van der Waals surface area contributed by atoms with Gasteiger partial charge in [-0.1, -0.05) is 26.7 Å². The standard InChI is InChI=1S/C17H35N3/c1-3-8-16(18-4-2)15-19-13-9-17(10-14-19)20-11-6-5-7-12-20/h16-18H,3-15H2,1-2H3. The zero-order valence-electron chi connectivity index (χ0n) is 13.7. The zero-order chi connectivity index (χ0) is 14.2. The first-order valence-corrected chi connectivity index (χ1v) is 9.03. The van der Waals surface area contributed by atoms with Gasteiger partial charge in [-0.15, -0.1) is 0 Å². The first kappa shape index (κ1) is 16.3. The van der Waals surface area contributed by atoms with Crippen LogP contribution in [-0.2, 0) is 0 Å². The fourth-order valence-electron chi connectivity index (χ4n) is 3.96. The molecule has 0 aromatic rings. The molecule has 3 nitrogen and oxygen atoms in total. The summed E-state index contributed by atoms with van der Waals surface area (Å²) in [4.78, 5) is 5.47. The summed E-state index contributed by atoms with van der Waals surface area (Å²) < 4.78 is 0. The van der Waals surface area contributed by atoms with E-state index in [-0.39, 0.29) is 0 Å². The zero-order valence-corrected chi connectivity index (χ0v) is 13.7. The predicted octanol–water partition coefficient (Wildman–Crippen LogP) is 2.71. The van der Waals surface area contributed by atoms with Crippen LogP contribution in [0.25, 0.3) is 0 Å². The number of hydrogen-bond acceptors (Lipinski definition) is 3. The molecule has 0 radical (unpaired) electrons. The average Bonchev–Trinajstić information content (AvgIpc) is 2.49. The third-order valence-electron chi connectivity index (χ3n) is 5.07. The first-order valence-electron chi connectivity index (χ1n) is 9.03. The number of hydrogen-bond donors (Lipinski definition) is 1. The van der Waals surface area contributed by atoms with Crippen molar-refractivity contribution in [2.24, 2.45) is 0 Å². The van der Waals surface area contributed by atoms with E-state index in [2.05, 4.69) is 29.0 Å². The lowest BCUT2D eigenvalue weighted by molar-refractivity contribution is 0.0876. The van der Waals surface area contributed by atoms with Crippen molar-refractivity contribution in [1.82, 2.24) is 15.1 Å². The molecule has 1 N–H and O–H groups in total. The number of nitrogens with one attached hydrogen (secondary N) is 1. The molecule has 20 heavy (non-hydrogen) atoms. The topological polar surface area (TPSA) is 18.5 Å². The minimum atomic E-state index is 0.705. The van der Waals surface area contributed by atoms with Crippen molar-refractivity contribution in [3.63, 3.8) is 0 Å². The molecule has 0 aliphatic carbocycles. The molecule has 2 fully saturated rings. The summed E-state index contributed by atoms with van der Waals surface area (Å²) >= 11 is 0. The van der Waals surface area contributed by atoms with Crippen LogP contribution in [0.5, 0.6) is 0 Å². The Morgan fingerprint density at radius 2 is 1.70 bits per heavy atom. The van der Waals surface area contributed by atoms with Crippen molar-refractivity contribution in [2.75, 3.05) is 39.3 Å². The van der Waals surface area contributed by atoms with Crippen LogP contribution >= 0.6 is 0 Å². The fraction of sp³-hybridized carbons (Fsp3) is 1.00. The summed E-state index contributed by atoms with van der Waals surface area (Å²) in [5.41, 5.74) is 0. The first-order chi connectivity index (χ1) is 9.83. The van der Waals surface area contributed by atoms with Crippen molar-refractivity contribution < 1.29 is 0 Å². The molecule has 2 aliphatic heterocycles. The van der Waals surface area contributed by atoms with E-state index in [1.807, 2.05) is 0 Å². The van der Waals surface area contributed by atoms with E-state index in [1.54, 1.807) is 0 Å². The normalized spacial score (nSPS) is 24.9. The molecule has 1 unspecified atom stereocenters. The summed E-state index contributed by atoms with van der Waals surface area (Å²) in [5, 5.41) is 3.65. The third kappa shape index (κ3) is 5.01. The summed E-state index contributed by atoms with van der Waals surface area (Å²) in [6.45, 7) is 12.2. The van der Waals surface area contributed by atoms with E-state index in [9.17, 15) is 0 Å². The average molecular weight is 281 g/mol. The minimum Gasteiger partial charge on any atom is -0.313 e. The van der Waals surface area contributed by atoms with E-state index in [4.69, 9.17) is 0 Å². The van der Waals surface area contributed by atoms with Crippen molar-refractivity contribution in [3.8, 4) is 0 Å². The Labute approximate surface area is 126 Å². The molecule has 2 aliphatic rings. The molecule has 1 atom stereocenters. The summed E-state index contributed by atoms with van der Waals surface area (Å²) in [6.07, 6.45) is 9.72. The van der Waals surface area contributed by atoms with E-state index >= 15 is 0 Å². The largest absolute Gasteiger partial charge is 0.313 e. The molecule has 0 saturated carbocycles. The van der Waals surface area contributed by atoms with Crippen LogP contribution in [0.1, 0.15) is 58.8 Å². The molecular formula is C17H35N3. The van der Waals surface area contributed by atoms with Crippen LogP contribution in [0.15, 0.2) is 0 Å². The lowest BCUT2D eigenvalue weighted by atomic mass is 9.99. The van der Waals surface area contributed by atoms with Gasteiger partial charge in [-0.25, -0.2) is 0 Å². The van der Waals surface area contributed by atoms with Crippen molar-refractivity contribution >= 4 is 0 Å². The lowest BCUT2D eigenvalue weighted by Crippen LogP contribution is -2.49. The number of rotatable bonds is 7. The highest BCUT2D eigenvalue weighted by Gasteiger charge is 2.26. The minimum absolute atomic E-state index is 0.705. The molecule has 0 aromatic carbocycles. The summed E-state index contributed by atoms with van der Waals surface area (Å²) in [7, 11) is 0. The summed E-state index contributed by atoms with van der Waals surface area (Å²) in [6, 6.07) is 1.59. The Morgan fingerprint density at radius 3 is 2.30 bits per heavy atom. The van der Waals surface area contributed by atoms with Crippen LogP contribution < -0.4 is 5.32 Å². The van der Waals surface area contributed by atoms with E-state index in [1.165, 1.54) is 77.7 Å². The Bertz CT molecular complexity index is 237. The van der Waals surface area contributed by atoms with Gasteiger partial charge in [0.05, 0.1) is 0 Å². The molecule has 118 valence electrons. The van der Waals surface area contributed by atoms with E-state index in [0.29, 0.717) is 6.04 Å². The maximum Gasteiger partial charge on any atom is 0.0194 e. The Balaban J connectivity index is 1.69. The van der Waals surface area contributed by atoms with Crippen molar-refractivity contribution in [2.45, 2.75) is 70.9 Å². The van der Waals surface area contributed by atoms with Crippen molar-refractivity contribution in [3.05, 3.63) is 0 Å². The molecule has 2 rings (SSSR count). The Kier molecular flexibility index (Phi) is 7.32. The van der Waals surface area contributed by atoms with Gasteiger partial charge in [0.15, 0.2) is 0 Å². The highest BCUT2D eigenvalue weighted by atomic mass is 15.2. The Morgan fingerprint density at radius 1 is 1.00 bits per heavy atom. The van der Waals surface area contributed by atoms with E-state index in [0.717, 1.165) is 12.6 Å². The second-order valence-electron chi connectivity index (χ2n) is 6.67. The SMILES string of the molecule is CCCC(CN1CCC(N2CCCCC2)CC1)NCC. The van der Waals surface area contributed by atoms with Crippen LogP contribution in [0.3, 0.4) is 0 Å².